The van der Waals surface area contributed by atoms with E-state index in [0.717, 1.165) is 49.5 Å². The number of rotatable bonds is 6. The predicted octanol–water partition coefficient (Wildman–Crippen LogP) is 2.01. The van der Waals surface area contributed by atoms with Crippen molar-refractivity contribution in [2.75, 3.05) is 19.6 Å². The van der Waals surface area contributed by atoms with Crippen molar-refractivity contribution in [3.05, 3.63) is 17.0 Å². The van der Waals surface area contributed by atoms with E-state index in [-0.39, 0.29) is 0 Å². The highest BCUT2D eigenvalue weighted by Crippen LogP contribution is 2.33. The van der Waals surface area contributed by atoms with Crippen molar-refractivity contribution in [1.29, 1.82) is 0 Å². The molecule has 2 atom stereocenters. The first-order chi connectivity index (χ1) is 11.6. The van der Waals surface area contributed by atoms with Gasteiger partial charge in [-0.3, -0.25) is 9.89 Å². The maximum absolute atomic E-state index is 5.22. The number of aromatic nitrogens is 1. The second kappa shape index (κ2) is 7.55. The molecule has 1 aromatic heterocycles. The Hall–Kier alpha value is -1.56. The van der Waals surface area contributed by atoms with Crippen LogP contribution in [0.2, 0.25) is 0 Å². The molecule has 0 aromatic carbocycles. The molecule has 2 aliphatic rings. The van der Waals surface area contributed by atoms with Gasteiger partial charge >= 0.3 is 0 Å². The van der Waals surface area contributed by atoms with Crippen molar-refractivity contribution >= 4 is 5.96 Å². The zero-order chi connectivity index (χ0) is 17.1. The van der Waals surface area contributed by atoms with Crippen molar-refractivity contribution in [2.24, 2.45) is 4.99 Å². The summed E-state index contributed by atoms with van der Waals surface area (Å²) in [5, 5.41) is 11.0. The minimum Gasteiger partial charge on any atom is -0.361 e. The first-order valence-electron chi connectivity index (χ1n) is 9.30. The van der Waals surface area contributed by atoms with Crippen molar-refractivity contribution in [2.45, 2.75) is 71.5 Å². The molecule has 0 amide bonds. The Balaban J connectivity index is 1.54. The van der Waals surface area contributed by atoms with Crippen LogP contribution >= 0.6 is 0 Å². The van der Waals surface area contributed by atoms with Gasteiger partial charge in [-0.1, -0.05) is 5.16 Å². The lowest BCUT2D eigenvalue weighted by molar-refractivity contribution is 0.256. The maximum atomic E-state index is 5.22. The van der Waals surface area contributed by atoms with Crippen LogP contribution in [0.1, 0.15) is 50.1 Å². The summed E-state index contributed by atoms with van der Waals surface area (Å²) in [4.78, 5) is 7.41. The summed E-state index contributed by atoms with van der Waals surface area (Å²) in [6.45, 7) is 11.2. The largest absolute Gasteiger partial charge is 0.361 e. The van der Waals surface area contributed by atoms with E-state index in [1.165, 1.54) is 24.8 Å². The molecule has 0 bridgehead atoms. The van der Waals surface area contributed by atoms with E-state index >= 15 is 0 Å². The summed E-state index contributed by atoms with van der Waals surface area (Å²) in [5.74, 6) is 1.84. The van der Waals surface area contributed by atoms with E-state index in [1.54, 1.807) is 0 Å². The van der Waals surface area contributed by atoms with Crippen LogP contribution in [-0.4, -0.2) is 53.8 Å². The molecule has 0 radical (unpaired) electrons. The Morgan fingerprint density at radius 2 is 2.17 bits per heavy atom. The van der Waals surface area contributed by atoms with Crippen molar-refractivity contribution in [1.82, 2.24) is 20.7 Å². The van der Waals surface area contributed by atoms with Gasteiger partial charge in [0.15, 0.2) is 5.96 Å². The summed E-state index contributed by atoms with van der Waals surface area (Å²) in [5.41, 5.74) is 2.16. The van der Waals surface area contributed by atoms with Crippen LogP contribution < -0.4 is 10.6 Å². The van der Waals surface area contributed by atoms with E-state index in [1.807, 2.05) is 13.8 Å². The number of nitrogens with zero attached hydrogens (tertiary/aromatic N) is 3. The van der Waals surface area contributed by atoms with Gasteiger partial charge in [0.25, 0.3) is 0 Å². The van der Waals surface area contributed by atoms with Gasteiger partial charge in [-0.2, -0.15) is 0 Å². The average molecular weight is 333 g/mol. The molecule has 1 aromatic rings. The Kier molecular flexibility index (Phi) is 5.43. The molecular weight excluding hydrogens is 302 g/mol. The third-order valence-corrected chi connectivity index (χ3v) is 5.14. The third kappa shape index (κ3) is 4.09. The van der Waals surface area contributed by atoms with Crippen LogP contribution in [0.15, 0.2) is 9.52 Å². The van der Waals surface area contributed by atoms with Crippen LogP contribution in [0.4, 0.5) is 0 Å². The fraction of sp³-hybridized carbons (Fsp3) is 0.778. The van der Waals surface area contributed by atoms with Gasteiger partial charge in [0.05, 0.1) is 5.69 Å². The topological polar surface area (TPSA) is 65.7 Å². The van der Waals surface area contributed by atoms with E-state index in [9.17, 15) is 0 Å². The highest BCUT2D eigenvalue weighted by molar-refractivity contribution is 5.80. The Morgan fingerprint density at radius 1 is 1.38 bits per heavy atom. The van der Waals surface area contributed by atoms with Crippen LogP contribution in [0.3, 0.4) is 0 Å². The number of aliphatic imine (C=N–C) groups is 1. The van der Waals surface area contributed by atoms with Gasteiger partial charge < -0.3 is 15.2 Å². The average Bonchev–Trinajstić information content (AvgIpc) is 3.25. The lowest BCUT2D eigenvalue weighted by Gasteiger charge is -2.20. The third-order valence-electron chi connectivity index (χ3n) is 5.14. The highest BCUT2D eigenvalue weighted by atomic mass is 16.5. The lowest BCUT2D eigenvalue weighted by Crippen LogP contribution is -2.44. The molecule has 1 saturated carbocycles. The van der Waals surface area contributed by atoms with Gasteiger partial charge in [-0.15, -0.1) is 0 Å². The SMILES string of the molecule is CCNC(=NCCc1c(C)noc1C)NC1CC(C)N(C2CC2)C1. The molecule has 0 spiro atoms. The quantitative estimate of drug-likeness (QED) is 0.616. The molecular formula is C18H31N5O. The van der Waals surface area contributed by atoms with Crippen molar-refractivity contribution < 1.29 is 4.52 Å². The minimum atomic E-state index is 0.498. The summed E-state index contributed by atoms with van der Waals surface area (Å²) < 4.78 is 5.22. The Labute approximate surface area is 145 Å². The molecule has 6 heteroatoms. The normalized spacial score (nSPS) is 25.2. The fourth-order valence-electron chi connectivity index (χ4n) is 3.73. The molecule has 2 unspecified atom stereocenters. The number of nitrogens with one attached hydrogen (secondary N) is 2. The Bertz CT molecular complexity index is 558. The zero-order valence-corrected chi connectivity index (χ0v) is 15.4. The van der Waals surface area contributed by atoms with Gasteiger partial charge in [0.1, 0.15) is 5.76 Å². The second-order valence-corrected chi connectivity index (χ2v) is 7.17. The molecule has 134 valence electrons. The van der Waals surface area contributed by atoms with Gasteiger partial charge in [-0.25, -0.2) is 0 Å². The van der Waals surface area contributed by atoms with Crippen LogP contribution in [0, 0.1) is 13.8 Å². The van der Waals surface area contributed by atoms with Gasteiger partial charge in [0.2, 0.25) is 0 Å². The minimum absolute atomic E-state index is 0.498. The maximum Gasteiger partial charge on any atom is 0.191 e. The molecule has 2 fully saturated rings. The second-order valence-electron chi connectivity index (χ2n) is 7.17. The number of hydrogen-bond donors (Lipinski definition) is 2. The zero-order valence-electron chi connectivity index (χ0n) is 15.4. The highest BCUT2D eigenvalue weighted by Gasteiger charge is 2.38. The summed E-state index contributed by atoms with van der Waals surface area (Å²) in [6.07, 6.45) is 4.82. The van der Waals surface area contributed by atoms with Gasteiger partial charge in [0, 0.05) is 43.3 Å². The van der Waals surface area contributed by atoms with Crippen molar-refractivity contribution in [3.8, 4) is 0 Å². The molecule has 6 nitrogen and oxygen atoms in total. The predicted molar refractivity (Wildman–Crippen MR) is 96.4 cm³/mol. The molecule has 3 rings (SSSR count). The number of hydrogen-bond acceptors (Lipinski definition) is 4. The van der Waals surface area contributed by atoms with Gasteiger partial charge in [-0.05, 0) is 53.4 Å². The molecule has 1 saturated heterocycles. The summed E-state index contributed by atoms with van der Waals surface area (Å²) >= 11 is 0. The monoisotopic (exact) mass is 333 g/mol. The van der Waals surface area contributed by atoms with Crippen LogP contribution in [0.5, 0.6) is 0 Å². The van der Waals surface area contributed by atoms with E-state index in [0.29, 0.717) is 12.1 Å². The fourth-order valence-corrected chi connectivity index (χ4v) is 3.73. The van der Waals surface area contributed by atoms with Crippen molar-refractivity contribution in [3.63, 3.8) is 0 Å². The molecule has 1 aliphatic carbocycles. The first kappa shape index (κ1) is 17.3. The van der Waals surface area contributed by atoms with Crippen LogP contribution in [-0.2, 0) is 6.42 Å². The van der Waals surface area contributed by atoms with E-state index in [4.69, 9.17) is 9.52 Å². The molecule has 2 N–H and O–H groups in total. The standard InChI is InChI=1S/C18H31N5O/c1-5-19-18(20-9-8-17-13(3)22-24-14(17)4)21-15-10-12(2)23(11-15)16-6-7-16/h12,15-16H,5-11H2,1-4H3,(H2,19,20,21). The van der Waals surface area contributed by atoms with E-state index in [2.05, 4.69) is 34.5 Å². The lowest BCUT2D eigenvalue weighted by atomic mass is 10.1. The molecule has 2 heterocycles. The van der Waals surface area contributed by atoms with Crippen LogP contribution in [0.25, 0.3) is 0 Å². The Morgan fingerprint density at radius 3 is 2.79 bits per heavy atom. The molecule has 24 heavy (non-hydrogen) atoms. The smallest absolute Gasteiger partial charge is 0.191 e. The first-order valence-corrected chi connectivity index (χ1v) is 9.30. The molecule has 1 aliphatic heterocycles. The number of likely N-dealkylation sites (tertiary alicyclic amines) is 1. The summed E-state index contributed by atoms with van der Waals surface area (Å²) in [7, 11) is 0. The van der Waals surface area contributed by atoms with E-state index < -0.39 is 0 Å². The number of aryl methyl sites for hydroxylation is 2. The number of guanidine groups is 1. The summed E-state index contributed by atoms with van der Waals surface area (Å²) in [6, 6.07) is 2.02.